The molecule has 7 nitrogen and oxygen atoms in total. The Hall–Kier alpha value is -2.96. The van der Waals surface area contributed by atoms with Crippen LogP contribution in [0.5, 0.6) is 17.2 Å². The standard InChI is InChI=1S/C18H21NO6/c1-6-25-18(21)15-10(2)19-12(16(15)20)7-11-8-13(22-3)17(24-5)14(9-11)23-4/h7-9,20H,6H2,1-5H3/b12-7-. The van der Waals surface area contributed by atoms with E-state index in [-0.39, 0.29) is 23.6 Å². The third-order valence-electron chi connectivity index (χ3n) is 3.60. The topological polar surface area (TPSA) is 86.6 Å². The van der Waals surface area contributed by atoms with Crippen LogP contribution < -0.4 is 14.2 Å². The third kappa shape index (κ3) is 3.60. The van der Waals surface area contributed by atoms with Crippen molar-refractivity contribution >= 4 is 17.8 Å². The molecule has 0 saturated carbocycles. The zero-order valence-corrected chi connectivity index (χ0v) is 14.9. The molecule has 2 rings (SSSR count). The van der Waals surface area contributed by atoms with Crippen LogP contribution in [0, 0.1) is 0 Å². The molecule has 1 aliphatic heterocycles. The Bertz CT molecular complexity index is 751. The molecule has 0 spiro atoms. The summed E-state index contributed by atoms with van der Waals surface area (Å²) in [5.41, 5.74) is 1.39. The molecule has 0 unspecified atom stereocenters. The highest BCUT2D eigenvalue weighted by Gasteiger charge is 2.27. The van der Waals surface area contributed by atoms with Crippen LogP contribution in [0.4, 0.5) is 0 Å². The van der Waals surface area contributed by atoms with Crippen molar-refractivity contribution in [1.82, 2.24) is 0 Å². The largest absolute Gasteiger partial charge is 0.505 e. The van der Waals surface area contributed by atoms with Crippen molar-refractivity contribution in [2.24, 2.45) is 4.99 Å². The summed E-state index contributed by atoms with van der Waals surface area (Å²) in [6.45, 7) is 3.55. The Morgan fingerprint density at radius 3 is 2.24 bits per heavy atom. The molecule has 0 radical (unpaired) electrons. The number of hydrogen-bond acceptors (Lipinski definition) is 7. The number of hydrogen-bond donors (Lipinski definition) is 1. The van der Waals surface area contributed by atoms with Gasteiger partial charge in [-0.05, 0) is 37.6 Å². The third-order valence-corrected chi connectivity index (χ3v) is 3.60. The lowest BCUT2D eigenvalue weighted by Gasteiger charge is -2.13. The first-order valence-corrected chi connectivity index (χ1v) is 7.64. The monoisotopic (exact) mass is 347 g/mol. The Morgan fingerprint density at radius 1 is 1.16 bits per heavy atom. The second-order valence-corrected chi connectivity index (χ2v) is 5.13. The zero-order valence-electron chi connectivity index (χ0n) is 14.9. The SMILES string of the molecule is CCOC(=O)C1=C(O)/C(=C/c2cc(OC)c(OC)c(OC)c2)N=C1C. The van der Waals surface area contributed by atoms with Crippen LogP contribution in [0.2, 0.25) is 0 Å². The van der Waals surface area contributed by atoms with Crippen molar-refractivity contribution in [2.45, 2.75) is 13.8 Å². The van der Waals surface area contributed by atoms with Crippen LogP contribution in [-0.2, 0) is 9.53 Å². The fourth-order valence-corrected chi connectivity index (χ4v) is 2.48. The van der Waals surface area contributed by atoms with Gasteiger partial charge >= 0.3 is 5.97 Å². The van der Waals surface area contributed by atoms with Gasteiger partial charge in [0.2, 0.25) is 5.75 Å². The van der Waals surface area contributed by atoms with E-state index in [0.29, 0.717) is 28.5 Å². The second kappa shape index (κ2) is 7.74. The van der Waals surface area contributed by atoms with Crippen molar-refractivity contribution in [3.8, 4) is 17.2 Å². The van der Waals surface area contributed by atoms with Crippen molar-refractivity contribution in [3.63, 3.8) is 0 Å². The predicted octanol–water partition coefficient (Wildman–Crippen LogP) is 2.90. The molecule has 0 saturated heterocycles. The molecule has 0 bridgehead atoms. The van der Waals surface area contributed by atoms with E-state index in [0.717, 1.165) is 0 Å². The van der Waals surface area contributed by atoms with Crippen molar-refractivity contribution in [1.29, 1.82) is 0 Å². The number of rotatable bonds is 6. The average Bonchev–Trinajstić information content (AvgIpc) is 2.87. The summed E-state index contributed by atoms with van der Waals surface area (Å²) < 4.78 is 20.8. The number of aliphatic hydroxyl groups excluding tert-OH is 1. The van der Waals surface area contributed by atoms with Gasteiger partial charge < -0.3 is 24.1 Å². The first-order valence-electron chi connectivity index (χ1n) is 7.64. The van der Waals surface area contributed by atoms with E-state index in [4.69, 9.17) is 18.9 Å². The molecule has 0 amide bonds. The Morgan fingerprint density at radius 2 is 1.76 bits per heavy atom. The molecule has 25 heavy (non-hydrogen) atoms. The Labute approximate surface area is 146 Å². The maximum absolute atomic E-state index is 11.9. The average molecular weight is 347 g/mol. The van der Waals surface area contributed by atoms with Crippen LogP contribution in [0.25, 0.3) is 6.08 Å². The lowest BCUT2D eigenvalue weighted by atomic mass is 10.1. The minimum absolute atomic E-state index is 0.0699. The van der Waals surface area contributed by atoms with E-state index >= 15 is 0 Å². The summed E-state index contributed by atoms with van der Waals surface area (Å²) in [5, 5.41) is 10.3. The molecule has 1 heterocycles. The second-order valence-electron chi connectivity index (χ2n) is 5.13. The fraction of sp³-hybridized carbons (Fsp3) is 0.333. The highest BCUT2D eigenvalue weighted by atomic mass is 16.5. The molecular weight excluding hydrogens is 326 g/mol. The minimum atomic E-state index is -0.602. The highest BCUT2D eigenvalue weighted by molar-refractivity contribution is 6.22. The summed E-state index contributed by atoms with van der Waals surface area (Å²) in [7, 11) is 4.55. The summed E-state index contributed by atoms with van der Waals surface area (Å²) in [4.78, 5) is 16.2. The number of ether oxygens (including phenoxy) is 4. The molecule has 7 heteroatoms. The summed E-state index contributed by atoms with van der Waals surface area (Å²) in [5.74, 6) is 0.590. The molecule has 1 N–H and O–H groups in total. The minimum Gasteiger partial charge on any atom is -0.505 e. The van der Waals surface area contributed by atoms with Crippen LogP contribution in [-0.4, -0.2) is 44.7 Å². The number of carbonyl (C=O) groups is 1. The summed E-state index contributed by atoms with van der Waals surface area (Å²) >= 11 is 0. The maximum Gasteiger partial charge on any atom is 0.343 e. The molecule has 0 atom stereocenters. The van der Waals surface area contributed by atoms with Gasteiger partial charge in [-0.25, -0.2) is 9.79 Å². The number of esters is 1. The smallest absolute Gasteiger partial charge is 0.343 e. The van der Waals surface area contributed by atoms with Gasteiger partial charge in [0.15, 0.2) is 17.3 Å². The molecule has 0 aromatic heterocycles. The lowest BCUT2D eigenvalue weighted by Crippen LogP contribution is -2.13. The summed E-state index contributed by atoms with van der Waals surface area (Å²) in [6.07, 6.45) is 1.62. The predicted molar refractivity (Wildman–Crippen MR) is 93.5 cm³/mol. The zero-order chi connectivity index (χ0) is 18.6. The molecule has 0 fully saturated rings. The first kappa shape index (κ1) is 18.4. The maximum atomic E-state index is 11.9. The van der Waals surface area contributed by atoms with Crippen molar-refractivity contribution in [3.05, 3.63) is 34.7 Å². The Kier molecular flexibility index (Phi) is 5.69. The quantitative estimate of drug-likeness (QED) is 0.796. The fourth-order valence-electron chi connectivity index (χ4n) is 2.48. The first-order chi connectivity index (χ1) is 12.0. The lowest BCUT2D eigenvalue weighted by molar-refractivity contribution is -0.138. The van der Waals surface area contributed by atoms with Gasteiger partial charge in [-0.1, -0.05) is 0 Å². The van der Waals surface area contributed by atoms with Gasteiger partial charge in [-0.15, -0.1) is 0 Å². The van der Waals surface area contributed by atoms with Crippen LogP contribution in [0.3, 0.4) is 0 Å². The normalized spacial score (nSPS) is 15.2. The van der Waals surface area contributed by atoms with Gasteiger partial charge in [-0.2, -0.15) is 0 Å². The van der Waals surface area contributed by atoms with Crippen molar-refractivity contribution in [2.75, 3.05) is 27.9 Å². The number of carbonyl (C=O) groups excluding carboxylic acids is 1. The number of aliphatic hydroxyl groups is 1. The molecule has 1 aromatic carbocycles. The number of methoxy groups -OCH3 is 3. The van der Waals surface area contributed by atoms with E-state index < -0.39 is 5.97 Å². The number of benzene rings is 1. The molecular formula is C18H21NO6. The van der Waals surface area contributed by atoms with E-state index in [2.05, 4.69) is 4.99 Å². The van der Waals surface area contributed by atoms with Gasteiger partial charge in [0.05, 0.1) is 33.6 Å². The van der Waals surface area contributed by atoms with Crippen molar-refractivity contribution < 1.29 is 28.8 Å². The molecule has 134 valence electrons. The van der Waals surface area contributed by atoms with E-state index in [1.54, 1.807) is 32.1 Å². The van der Waals surface area contributed by atoms with E-state index in [1.807, 2.05) is 0 Å². The summed E-state index contributed by atoms with van der Waals surface area (Å²) in [6, 6.07) is 3.43. The molecule has 1 aromatic rings. The highest BCUT2D eigenvalue weighted by Crippen LogP contribution is 2.39. The van der Waals surface area contributed by atoms with Gasteiger partial charge in [0, 0.05) is 0 Å². The van der Waals surface area contributed by atoms with Gasteiger partial charge in [-0.3, -0.25) is 0 Å². The van der Waals surface area contributed by atoms with Crippen LogP contribution in [0.15, 0.2) is 34.2 Å². The van der Waals surface area contributed by atoms with Crippen LogP contribution >= 0.6 is 0 Å². The van der Waals surface area contributed by atoms with Crippen LogP contribution in [0.1, 0.15) is 19.4 Å². The van der Waals surface area contributed by atoms with E-state index in [1.165, 1.54) is 21.3 Å². The molecule has 1 aliphatic rings. The van der Waals surface area contributed by atoms with Gasteiger partial charge in [0.1, 0.15) is 11.3 Å². The number of aliphatic imine (C=N–C) groups is 1. The number of nitrogens with zero attached hydrogens (tertiary/aromatic N) is 1. The van der Waals surface area contributed by atoms with Gasteiger partial charge in [0.25, 0.3) is 0 Å². The Balaban J connectivity index is 2.49. The van der Waals surface area contributed by atoms with E-state index in [9.17, 15) is 9.90 Å². The molecule has 0 aliphatic carbocycles.